The Bertz CT molecular complexity index is 252. The molecule has 0 saturated heterocycles. The second kappa shape index (κ2) is 4.60. The fourth-order valence-corrected chi connectivity index (χ4v) is 1.44. The van der Waals surface area contributed by atoms with Gasteiger partial charge in [0.2, 0.25) is 0 Å². The summed E-state index contributed by atoms with van der Waals surface area (Å²) in [5.74, 6) is 0. The largest absolute Gasteiger partial charge is 0.305 e. The van der Waals surface area contributed by atoms with Crippen LogP contribution in [0, 0.1) is 0 Å². The van der Waals surface area contributed by atoms with Crippen LogP contribution in [-0.4, -0.2) is 7.11 Å². The highest BCUT2D eigenvalue weighted by Crippen LogP contribution is 2.17. The highest BCUT2D eigenvalue weighted by molar-refractivity contribution is 9.10. The van der Waals surface area contributed by atoms with Gasteiger partial charge in [0.25, 0.3) is 0 Å². The van der Waals surface area contributed by atoms with Gasteiger partial charge in [-0.15, -0.1) is 0 Å². The van der Waals surface area contributed by atoms with Crippen molar-refractivity contribution in [3.05, 3.63) is 34.3 Å². The maximum absolute atomic E-state index is 4.83. The maximum atomic E-state index is 4.83. The minimum atomic E-state index is 0.215. The summed E-state index contributed by atoms with van der Waals surface area (Å²) in [5, 5.41) is 0. The molecule has 1 N–H and O–H groups in total. The molecule has 66 valence electrons. The van der Waals surface area contributed by atoms with Gasteiger partial charge in [0.15, 0.2) is 0 Å². The number of nitrogens with one attached hydrogen (secondary N) is 1. The molecular formula is C9H12BrNO. The smallest absolute Gasteiger partial charge is 0.0572 e. The molecule has 0 radical (unpaired) electrons. The van der Waals surface area contributed by atoms with Crippen LogP contribution in [0.1, 0.15) is 18.5 Å². The van der Waals surface area contributed by atoms with E-state index in [1.165, 1.54) is 5.56 Å². The molecule has 0 aromatic heterocycles. The Labute approximate surface area is 81.0 Å². The lowest BCUT2D eigenvalue weighted by Gasteiger charge is -2.11. The lowest BCUT2D eigenvalue weighted by molar-refractivity contribution is 0.0658. The molecule has 12 heavy (non-hydrogen) atoms. The molecule has 1 aromatic carbocycles. The maximum Gasteiger partial charge on any atom is 0.0572 e. The third-order valence-electron chi connectivity index (χ3n) is 1.64. The highest BCUT2D eigenvalue weighted by Gasteiger charge is 2.03. The summed E-state index contributed by atoms with van der Waals surface area (Å²) < 4.78 is 1.09. The summed E-state index contributed by atoms with van der Waals surface area (Å²) in [6.07, 6.45) is 0. The van der Waals surface area contributed by atoms with Gasteiger partial charge in [0.1, 0.15) is 0 Å². The first-order valence-electron chi connectivity index (χ1n) is 3.78. The van der Waals surface area contributed by atoms with Gasteiger partial charge in [-0.1, -0.05) is 28.1 Å². The number of benzene rings is 1. The van der Waals surface area contributed by atoms with Crippen LogP contribution >= 0.6 is 15.9 Å². The van der Waals surface area contributed by atoms with Crippen LogP contribution in [0.25, 0.3) is 0 Å². The molecule has 0 spiro atoms. The molecule has 0 fully saturated rings. The fraction of sp³-hybridized carbons (Fsp3) is 0.333. The normalized spacial score (nSPS) is 12.9. The van der Waals surface area contributed by atoms with E-state index in [1.54, 1.807) is 7.11 Å². The van der Waals surface area contributed by atoms with Gasteiger partial charge in [0.05, 0.1) is 13.2 Å². The summed E-state index contributed by atoms with van der Waals surface area (Å²) in [6, 6.07) is 8.35. The molecule has 0 bridgehead atoms. The number of halogens is 1. The SMILES string of the molecule is CONC(C)c1cccc(Br)c1. The Hall–Kier alpha value is -0.380. The van der Waals surface area contributed by atoms with Gasteiger partial charge in [-0.3, -0.25) is 0 Å². The number of hydroxylamine groups is 1. The van der Waals surface area contributed by atoms with Crippen LogP contribution < -0.4 is 5.48 Å². The Kier molecular flexibility index (Phi) is 3.72. The van der Waals surface area contributed by atoms with Gasteiger partial charge in [-0.05, 0) is 24.6 Å². The minimum absolute atomic E-state index is 0.215. The standard InChI is InChI=1S/C9H12BrNO/c1-7(11-12-2)8-4-3-5-9(10)6-8/h3-7,11H,1-2H3. The molecule has 0 saturated carbocycles. The zero-order valence-electron chi connectivity index (χ0n) is 7.17. The van der Waals surface area contributed by atoms with E-state index >= 15 is 0 Å². The second-order valence-corrected chi connectivity index (χ2v) is 3.51. The quantitative estimate of drug-likeness (QED) is 0.806. The molecule has 2 nitrogen and oxygen atoms in total. The van der Waals surface area contributed by atoms with Gasteiger partial charge in [0, 0.05) is 4.47 Å². The van der Waals surface area contributed by atoms with Crippen LogP contribution in [0.2, 0.25) is 0 Å². The average molecular weight is 230 g/mol. The van der Waals surface area contributed by atoms with Gasteiger partial charge < -0.3 is 4.84 Å². The first kappa shape index (κ1) is 9.71. The van der Waals surface area contributed by atoms with Crippen molar-refractivity contribution in [2.75, 3.05) is 7.11 Å². The molecule has 3 heteroatoms. The first-order valence-corrected chi connectivity index (χ1v) is 4.57. The predicted octanol–water partition coefficient (Wildman–Crippen LogP) is 2.66. The number of rotatable bonds is 3. The predicted molar refractivity (Wildman–Crippen MR) is 52.7 cm³/mol. The van der Waals surface area contributed by atoms with Crippen molar-refractivity contribution >= 4 is 15.9 Å². The molecule has 1 aromatic rings. The van der Waals surface area contributed by atoms with Crippen molar-refractivity contribution in [1.29, 1.82) is 0 Å². The van der Waals surface area contributed by atoms with Crippen LogP contribution in [-0.2, 0) is 4.84 Å². The molecule has 0 aliphatic carbocycles. The summed E-state index contributed by atoms with van der Waals surface area (Å²) >= 11 is 3.41. The molecule has 1 atom stereocenters. The Morgan fingerprint density at radius 1 is 1.50 bits per heavy atom. The van der Waals surface area contributed by atoms with Crippen LogP contribution in [0.15, 0.2) is 28.7 Å². The topological polar surface area (TPSA) is 21.3 Å². The van der Waals surface area contributed by atoms with E-state index in [-0.39, 0.29) is 6.04 Å². The van der Waals surface area contributed by atoms with Gasteiger partial charge in [-0.2, -0.15) is 5.48 Å². The van der Waals surface area contributed by atoms with Crippen molar-refractivity contribution in [1.82, 2.24) is 5.48 Å². The zero-order valence-corrected chi connectivity index (χ0v) is 8.76. The molecule has 0 aliphatic heterocycles. The Balaban J connectivity index is 2.73. The van der Waals surface area contributed by atoms with E-state index in [4.69, 9.17) is 4.84 Å². The minimum Gasteiger partial charge on any atom is -0.305 e. The third-order valence-corrected chi connectivity index (χ3v) is 2.14. The number of hydrogen-bond acceptors (Lipinski definition) is 2. The lowest BCUT2D eigenvalue weighted by atomic mass is 10.1. The monoisotopic (exact) mass is 229 g/mol. The van der Waals surface area contributed by atoms with Crippen LogP contribution in [0.3, 0.4) is 0 Å². The zero-order chi connectivity index (χ0) is 8.97. The van der Waals surface area contributed by atoms with E-state index in [9.17, 15) is 0 Å². The van der Waals surface area contributed by atoms with Crippen molar-refractivity contribution in [3.8, 4) is 0 Å². The van der Waals surface area contributed by atoms with Gasteiger partial charge in [-0.25, -0.2) is 0 Å². The molecular weight excluding hydrogens is 218 g/mol. The van der Waals surface area contributed by atoms with Crippen molar-refractivity contribution in [2.45, 2.75) is 13.0 Å². The van der Waals surface area contributed by atoms with E-state index in [2.05, 4.69) is 33.5 Å². The Morgan fingerprint density at radius 2 is 2.25 bits per heavy atom. The van der Waals surface area contributed by atoms with Crippen molar-refractivity contribution < 1.29 is 4.84 Å². The molecule has 1 rings (SSSR count). The average Bonchev–Trinajstić information content (AvgIpc) is 2.05. The second-order valence-electron chi connectivity index (χ2n) is 2.60. The molecule has 1 unspecified atom stereocenters. The fourth-order valence-electron chi connectivity index (χ4n) is 1.02. The Morgan fingerprint density at radius 3 is 2.83 bits per heavy atom. The van der Waals surface area contributed by atoms with E-state index in [1.807, 2.05) is 19.1 Å². The van der Waals surface area contributed by atoms with E-state index < -0.39 is 0 Å². The van der Waals surface area contributed by atoms with Crippen molar-refractivity contribution in [2.24, 2.45) is 0 Å². The van der Waals surface area contributed by atoms with Crippen molar-refractivity contribution in [3.63, 3.8) is 0 Å². The van der Waals surface area contributed by atoms with E-state index in [0.29, 0.717) is 0 Å². The molecule has 0 aliphatic rings. The van der Waals surface area contributed by atoms with Crippen LogP contribution in [0.5, 0.6) is 0 Å². The molecule has 0 heterocycles. The lowest BCUT2D eigenvalue weighted by Crippen LogP contribution is -2.16. The third kappa shape index (κ3) is 2.59. The van der Waals surface area contributed by atoms with E-state index in [0.717, 1.165) is 4.47 Å². The summed E-state index contributed by atoms with van der Waals surface area (Å²) in [7, 11) is 1.62. The molecule has 0 amide bonds. The summed E-state index contributed by atoms with van der Waals surface area (Å²) in [5.41, 5.74) is 4.07. The summed E-state index contributed by atoms with van der Waals surface area (Å²) in [4.78, 5) is 4.83. The first-order chi connectivity index (χ1) is 5.74. The van der Waals surface area contributed by atoms with Crippen LogP contribution in [0.4, 0.5) is 0 Å². The number of hydrogen-bond donors (Lipinski definition) is 1. The summed E-state index contributed by atoms with van der Waals surface area (Å²) in [6.45, 7) is 2.05. The highest BCUT2D eigenvalue weighted by atomic mass is 79.9. The van der Waals surface area contributed by atoms with Gasteiger partial charge >= 0.3 is 0 Å².